The quantitative estimate of drug-likeness (QED) is 0.467. The highest BCUT2D eigenvalue weighted by atomic mass is 35.5. The molecule has 6 nitrogen and oxygen atoms in total. The molecule has 1 unspecified atom stereocenters. The minimum absolute atomic E-state index is 0.165. The Morgan fingerprint density at radius 1 is 0.935 bits per heavy atom. The normalized spacial score (nSPS) is 14.9. The molecule has 0 radical (unpaired) electrons. The van der Waals surface area contributed by atoms with Crippen LogP contribution in [0.3, 0.4) is 0 Å². The van der Waals surface area contributed by atoms with E-state index in [1.165, 1.54) is 0 Å². The minimum atomic E-state index is -0.299. The number of fused-ring (bicyclic) bond motifs is 1. The highest BCUT2D eigenvalue weighted by Gasteiger charge is 2.25. The monoisotopic (exact) mass is 427 g/mol. The van der Waals surface area contributed by atoms with Gasteiger partial charge in [-0.2, -0.15) is 4.98 Å². The van der Waals surface area contributed by atoms with Crippen LogP contribution in [0.15, 0.2) is 91.0 Å². The summed E-state index contributed by atoms with van der Waals surface area (Å²) < 4.78 is 1.78. The maximum absolute atomic E-state index is 12.6. The number of rotatable bonds is 4. The molecule has 5 rings (SSSR count). The summed E-state index contributed by atoms with van der Waals surface area (Å²) in [6, 6.07) is 26.6. The van der Waals surface area contributed by atoms with Crippen molar-refractivity contribution in [3.8, 4) is 0 Å². The molecular formula is C24H18ClN5O. The number of allylic oxidation sites excluding steroid dienone is 1. The van der Waals surface area contributed by atoms with E-state index in [2.05, 4.69) is 26.8 Å². The average molecular weight is 428 g/mol. The molecule has 0 spiro atoms. The Labute approximate surface area is 184 Å². The van der Waals surface area contributed by atoms with E-state index in [0.29, 0.717) is 16.5 Å². The number of amides is 1. The van der Waals surface area contributed by atoms with E-state index in [-0.39, 0.29) is 17.9 Å². The second-order valence-corrected chi connectivity index (χ2v) is 7.53. The number of carbonyl (C=O) groups excluding carboxylic acids is 1. The van der Waals surface area contributed by atoms with Gasteiger partial charge in [-0.3, -0.25) is 10.1 Å². The molecule has 1 atom stereocenters. The largest absolute Gasteiger partial charge is 0.324 e. The Morgan fingerprint density at radius 2 is 1.61 bits per heavy atom. The molecule has 7 heteroatoms. The summed E-state index contributed by atoms with van der Waals surface area (Å²) in [4.78, 5) is 17.1. The number of aromatic nitrogens is 3. The number of hydrogen-bond acceptors (Lipinski definition) is 4. The Bertz CT molecular complexity index is 1250. The molecule has 0 fully saturated rings. The van der Waals surface area contributed by atoms with Gasteiger partial charge in [-0.15, -0.1) is 5.10 Å². The standard InChI is InChI=1S/C24H18ClN5O/c25-19-13-11-18(12-14-19)22(31)27-23-28-24-26-20(16-7-3-1-4-8-16)15-21(30(24)29-23)17-9-5-2-6-10-17/h1-15,21H,(H2,26,27,28,29,31). The second-order valence-electron chi connectivity index (χ2n) is 7.09. The van der Waals surface area contributed by atoms with Gasteiger partial charge >= 0.3 is 0 Å². The first-order chi connectivity index (χ1) is 15.2. The molecule has 2 heterocycles. The molecule has 0 saturated heterocycles. The Balaban J connectivity index is 1.49. The summed E-state index contributed by atoms with van der Waals surface area (Å²) >= 11 is 5.91. The van der Waals surface area contributed by atoms with Crippen LogP contribution in [0.25, 0.3) is 5.70 Å². The summed E-state index contributed by atoms with van der Waals surface area (Å²) in [5.74, 6) is 0.486. The molecule has 1 amide bonds. The third-order valence-electron chi connectivity index (χ3n) is 5.02. The lowest BCUT2D eigenvalue weighted by molar-refractivity contribution is 0.102. The first-order valence-corrected chi connectivity index (χ1v) is 10.2. The first-order valence-electron chi connectivity index (χ1n) is 9.80. The molecule has 4 aromatic rings. The van der Waals surface area contributed by atoms with Crippen LogP contribution in [0.5, 0.6) is 0 Å². The molecule has 3 aromatic carbocycles. The van der Waals surface area contributed by atoms with Crippen LogP contribution in [0.2, 0.25) is 5.02 Å². The van der Waals surface area contributed by atoms with Crippen LogP contribution in [-0.4, -0.2) is 20.7 Å². The molecule has 1 aliphatic rings. The van der Waals surface area contributed by atoms with Gasteiger partial charge < -0.3 is 5.32 Å². The van der Waals surface area contributed by atoms with Crippen LogP contribution in [0.1, 0.15) is 27.5 Å². The van der Waals surface area contributed by atoms with Gasteiger partial charge in [-0.25, -0.2) is 4.68 Å². The van der Waals surface area contributed by atoms with Crippen molar-refractivity contribution in [1.82, 2.24) is 14.8 Å². The smallest absolute Gasteiger partial charge is 0.258 e. The molecule has 0 saturated carbocycles. The van der Waals surface area contributed by atoms with Crippen LogP contribution >= 0.6 is 11.6 Å². The van der Waals surface area contributed by atoms with Crippen molar-refractivity contribution in [2.45, 2.75) is 6.04 Å². The zero-order valence-corrected chi connectivity index (χ0v) is 17.1. The fourth-order valence-electron chi connectivity index (χ4n) is 3.49. The van der Waals surface area contributed by atoms with E-state index in [1.54, 1.807) is 28.9 Å². The first kappa shape index (κ1) is 19.1. The Hall–Kier alpha value is -3.90. The van der Waals surface area contributed by atoms with Crippen molar-refractivity contribution in [2.24, 2.45) is 0 Å². The van der Waals surface area contributed by atoms with Crippen molar-refractivity contribution in [2.75, 3.05) is 10.6 Å². The molecule has 0 aliphatic carbocycles. The van der Waals surface area contributed by atoms with Crippen LogP contribution in [-0.2, 0) is 0 Å². The van der Waals surface area contributed by atoms with Crippen molar-refractivity contribution in [3.05, 3.63) is 113 Å². The SMILES string of the molecule is O=C(Nc1nc2n(n1)C(c1ccccc1)C=C(c1ccccc1)N2)c1ccc(Cl)cc1. The molecule has 31 heavy (non-hydrogen) atoms. The summed E-state index contributed by atoms with van der Waals surface area (Å²) in [5.41, 5.74) is 3.53. The van der Waals surface area contributed by atoms with Gasteiger partial charge in [0.2, 0.25) is 5.95 Å². The predicted octanol–water partition coefficient (Wildman–Crippen LogP) is 5.24. The van der Waals surface area contributed by atoms with Gasteiger partial charge in [0.05, 0.1) is 0 Å². The summed E-state index contributed by atoms with van der Waals surface area (Å²) in [5, 5.41) is 11.2. The zero-order valence-electron chi connectivity index (χ0n) is 16.4. The molecule has 152 valence electrons. The number of halogens is 1. The minimum Gasteiger partial charge on any atom is -0.324 e. The lowest BCUT2D eigenvalue weighted by atomic mass is 10.0. The van der Waals surface area contributed by atoms with Crippen molar-refractivity contribution in [1.29, 1.82) is 0 Å². The van der Waals surface area contributed by atoms with Crippen LogP contribution in [0, 0.1) is 0 Å². The number of carbonyl (C=O) groups is 1. The third-order valence-corrected chi connectivity index (χ3v) is 5.28. The van der Waals surface area contributed by atoms with Crippen molar-refractivity contribution in [3.63, 3.8) is 0 Å². The van der Waals surface area contributed by atoms with E-state index in [9.17, 15) is 4.79 Å². The lowest BCUT2D eigenvalue weighted by Gasteiger charge is -2.24. The summed E-state index contributed by atoms with van der Waals surface area (Å²) in [7, 11) is 0. The Kier molecular flexibility index (Phi) is 4.98. The van der Waals surface area contributed by atoms with E-state index >= 15 is 0 Å². The fraction of sp³-hybridized carbons (Fsp3) is 0.0417. The third kappa shape index (κ3) is 3.93. The maximum Gasteiger partial charge on any atom is 0.258 e. The predicted molar refractivity (Wildman–Crippen MR) is 122 cm³/mol. The number of benzene rings is 3. The topological polar surface area (TPSA) is 71.8 Å². The molecular weight excluding hydrogens is 410 g/mol. The van der Waals surface area contributed by atoms with E-state index in [4.69, 9.17) is 11.6 Å². The van der Waals surface area contributed by atoms with Gasteiger partial charge in [0.25, 0.3) is 11.9 Å². The maximum atomic E-state index is 12.6. The number of anilines is 2. The highest BCUT2D eigenvalue weighted by molar-refractivity contribution is 6.30. The van der Waals surface area contributed by atoms with Gasteiger partial charge in [0, 0.05) is 16.3 Å². The van der Waals surface area contributed by atoms with Gasteiger partial charge in [-0.1, -0.05) is 72.3 Å². The molecule has 0 bridgehead atoms. The van der Waals surface area contributed by atoms with Crippen molar-refractivity contribution < 1.29 is 4.79 Å². The highest BCUT2D eigenvalue weighted by Crippen LogP contribution is 2.33. The average Bonchev–Trinajstić information content (AvgIpc) is 3.22. The lowest BCUT2D eigenvalue weighted by Crippen LogP contribution is -2.20. The second kappa shape index (κ2) is 8.08. The number of nitrogens with one attached hydrogen (secondary N) is 2. The van der Waals surface area contributed by atoms with Gasteiger partial charge in [-0.05, 0) is 41.5 Å². The zero-order chi connectivity index (χ0) is 21.2. The molecule has 1 aliphatic heterocycles. The summed E-state index contributed by atoms with van der Waals surface area (Å²) in [6.45, 7) is 0. The fourth-order valence-corrected chi connectivity index (χ4v) is 3.62. The van der Waals surface area contributed by atoms with Crippen molar-refractivity contribution >= 4 is 35.1 Å². The number of nitrogens with zero attached hydrogens (tertiary/aromatic N) is 3. The number of hydrogen-bond donors (Lipinski definition) is 2. The molecule has 2 N–H and O–H groups in total. The molecule has 1 aromatic heterocycles. The van der Waals surface area contributed by atoms with Crippen LogP contribution < -0.4 is 10.6 Å². The summed E-state index contributed by atoms with van der Waals surface area (Å²) in [6.07, 6.45) is 2.11. The van der Waals surface area contributed by atoms with Gasteiger partial charge in [0.15, 0.2) is 0 Å². The van der Waals surface area contributed by atoms with E-state index < -0.39 is 0 Å². The van der Waals surface area contributed by atoms with E-state index in [1.807, 2.05) is 60.7 Å². The van der Waals surface area contributed by atoms with Gasteiger partial charge in [0.1, 0.15) is 6.04 Å². The van der Waals surface area contributed by atoms with Crippen LogP contribution in [0.4, 0.5) is 11.9 Å². The Morgan fingerprint density at radius 3 is 2.32 bits per heavy atom. The van der Waals surface area contributed by atoms with E-state index in [0.717, 1.165) is 16.8 Å².